The normalized spacial score (nSPS) is 11.1. The van der Waals surface area contributed by atoms with Gasteiger partial charge in [0, 0.05) is 6.20 Å². The van der Waals surface area contributed by atoms with Gasteiger partial charge in [-0.15, -0.1) is 0 Å². The first-order valence-corrected chi connectivity index (χ1v) is 5.49. The Morgan fingerprint density at radius 3 is 3.00 bits per heavy atom. The second-order valence-corrected chi connectivity index (χ2v) is 4.29. The van der Waals surface area contributed by atoms with E-state index in [1.165, 1.54) is 17.5 Å². The van der Waals surface area contributed by atoms with E-state index in [1.807, 2.05) is 0 Å². The number of carbonyl (C=O) groups is 1. The van der Waals surface area contributed by atoms with Gasteiger partial charge in [0.2, 0.25) is 0 Å². The zero-order valence-electron chi connectivity index (χ0n) is 8.32. The predicted molar refractivity (Wildman–Crippen MR) is 61.6 cm³/mol. The fourth-order valence-corrected chi connectivity index (χ4v) is 2.53. The van der Waals surface area contributed by atoms with Crippen molar-refractivity contribution in [2.24, 2.45) is 0 Å². The van der Waals surface area contributed by atoms with Crippen molar-refractivity contribution in [2.45, 2.75) is 0 Å². The standard InChI is InChI=1S/C10H5N3O3S/c14-8-5-2-1-3-11-7(5)17-10-12-4-6(9(15)16)13(8)10/h1-4H,(H,15,16). The van der Waals surface area contributed by atoms with Crippen LogP contribution in [-0.4, -0.2) is 25.4 Å². The van der Waals surface area contributed by atoms with E-state index in [-0.39, 0.29) is 5.69 Å². The summed E-state index contributed by atoms with van der Waals surface area (Å²) in [6.07, 6.45) is 2.75. The van der Waals surface area contributed by atoms with E-state index in [4.69, 9.17) is 5.11 Å². The minimum atomic E-state index is -1.18. The van der Waals surface area contributed by atoms with E-state index in [0.29, 0.717) is 15.2 Å². The van der Waals surface area contributed by atoms with Crippen LogP contribution in [0, 0.1) is 0 Å². The fraction of sp³-hybridized carbons (Fsp3) is 0. The van der Waals surface area contributed by atoms with Crippen molar-refractivity contribution in [3.8, 4) is 0 Å². The molecule has 0 saturated heterocycles. The monoisotopic (exact) mass is 247 g/mol. The molecule has 1 N–H and O–H groups in total. The third-order valence-electron chi connectivity index (χ3n) is 2.34. The number of imidazole rings is 1. The molecule has 0 fully saturated rings. The van der Waals surface area contributed by atoms with E-state index in [0.717, 1.165) is 4.40 Å². The summed E-state index contributed by atoms with van der Waals surface area (Å²) in [5, 5.41) is 9.35. The van der Waals surface area contributed by atoms with Crippen molar-refractivity contribution in [3.05, 3.63) is 40.6 Å². The molecule has 6 nitrogen and oxygen atoms in total. The first-order valence-electron chi connectivity index (χ1n) is 4.67. The first-order chi connectivity index (χ1) is 8.18. The maximum atomic E-state index is 12.1. The Kier molecular flexibility index (Phi) is 1.96. The van der Waals surface area contributed by atoms with Gasteiger partial charge in [0.1, 0.15) is 4.83 Å². The van der Waals surface area contributed by atoms with Crippen molar-refractivity contribution < 1.29 is 9.90 Å². The molecule has 0 bridgehead atoms. The van der Waals surface area contributed by atoms with Crippen LogP contribution < -0.4 is 5.56 Å². The number of pyridine rings is 1. The van der Waals surface area contributed by atoms with E-state index in [9.17, 15) is 9.59 Å². The molecule has 3 aromatic rings. The zero-order valence-corrected chi connectivity index (χ0v) is 9.14. The van der Waals surface area contributed by atoms with E-state index >= 15 is 0 Å². The lowest BCUT2D eigenvalue weighted by atomic mass is 10.3. The summed E-state index contributed by atoms with van der Waals surface area (Å²) >= 11 is 1.18. The molecule has 0 aliphatic carbocycles. The van der Waals surface area contributed by atoms with Gasteiger partial charge in [-0.05, 0) is 12.1 Å². The van der Waals surface area contributed by atoms with Gasteiger partial charge in [-0.1, -0.05) is 11.3 Å². The molecule has 3 heterocycles. The average Bonchev–Trinajstić information content (AvgIpc) is 2.73. The minimum absolute atomic E-state index is 0.132. The molecule has 84 valence electrons. The molecule has 0 spiro atoms. The largest absolute Gasteiger partial charge is 0.477 e. The number of rotatable bonds is 1. The number of hydrogen-bond acceptors (Lipinski definition) is 5. The van der Waals surface area contributed by atoms with Crippen LogP contribution in [0.25, 0.3) is 15.2 Å². The molecule has 0 amide bonds. The molecule has 0 saturated carbocycles. The summed E-state index contributed by atoms with van der Waals surface area (Å²) in [5.41, 5.74) is -0.538. The maximum absolute atomic E-state index is 12.1. The number of nitrogens with zero attached hydrogens (tertiary/aromatic N) is 3. The summed E-state index contributed by atoms with van der Waals surface area (Å²) in [6.45, 7) is 0. The van der Waals surface area contributed by atoms with Crippen LogP contribution in [0.3, 0.4) is 0 Å². The zero-order chi connectivity index (χ0) is 12.0. The van der Waals surface area contributed by atoms with E-state index in [2.05, 4.69) is 9.97 Å². The van der Waals surface area contributed by atoms with Crippen LogP contribution >= 0.6 is 11.3 Å². The van der Waals surface area contributed by atoms with Crippen LogP contribution in [-0.2, 0) is 0 Å². The summed E-state index contributed by atoms with van der Waals surface area (Å²) in [5.74, 6) is -1.18. The van der Waals surface area contributed by atoms with Crippen molar-refractivity contribution in [1.29, 1.82) is 0 Å². The number of fused-ring (bicyclic) bond motifs is 2. The summed E-state index contributed by atoms with van der Waals surface area (Å²) in [4.78, 5) is 31.9. The van der Waals surface area contributed by atoms with E-state index in [1.54, 1.807) is 18.3 Å². The van der Waals surface area contributed by atoms with Gasteiger partial charge in [0.15, 0.2) is 10.7 Å². The van der Waals surface area contributed by atoms with Crippen molar-refractivity contribution in [2.75, 3.05) is 0 Å². The quantitative estimate of drug-likeness (QED) is 0.693. The minimum Gasteiger partial charge on any atom is -0.477 e. The second kappa shape index (κ2) is 3.36. The topological polar surface area (TPSA) is 84.6 Å². The van der Waals surface area contributed by atoms with Crippen LogP contribution in [0.1, 0.15) is 10.5 Å². The molecule has 3 aromatic heterocycles. The van der Waals surface area contributed by atoms with Crippen molar-refractivity contribution in [3.63, 3.8) is 0 Å². The van der Waals surface area contributed by atoms with Gasteiger partial charge in [0.25, 0.3) is 5.56 Å². The van der Waals surface area contributed by atoms with Gasteiger partial charge in [-0.25, -0.2) is 19.2 Å². The molecule has 3 rings (SSSR count). The highest BCUT2D eigenvalue weighted by Crippen LogP contribution is 2.17. The van der Waals surface area contributed by atoms with Gasteiger partial charge in [-0.2, -0.15) is 0 Å². The molecule has 0 aromatic carbocycles. The molecule has 0 aliphatic heterocycles. The Hall–Kier alpha value is -2.28. The highest BCUT2D eigenvalue weighted by Gasteiger charge is 2.15. The summed E-state index contributed by atoms with van der Waals surface area (Å²) in [7, 11) is 0. The maximum Gasteiger partial charge on any atom is 0.354 e. The lowest BCUT2D eigenvalue weighted by molar-refractivity contribution is 0.0689. The number of aromatic carboxylic acids is 1. The smallest absolute Gasteiger partial charge is 0.354 e. The van der Waals surface area contributed by atoms with Crippen LogP contribution in [0.4, 0.5) is 0 Å². The third-order valence-corrected chi connectivity index (χ3v) is 3.33. The van der Waals surface area contributed by atoms with Crippen molar-refractivity contribution >= 4 is 32.5 Å². The Morgan fingerprint density at radius 1 is 1.41 bits per heavy atom. The third kappa shape index (κ3) is 1.32. The van der Waals surface area contributed by atoms with E-state index < -0.39 is 11.5 Å². The Balaban J connectivity index is 2.59. The summed E-state index contributed by atoms with van der Waals surface area (Å²) in [6, 6.07) is 3.26. The molecule has 0 atom stereocenters. The van der Waals surface area contributed by atoms with Gasteiger partial charge >= 0.3 is 5.97 Å². The summed E-state index contributed by atoms with van der Waals surface area (Å²) < 4.78 is 1.09. The fourth-order valence-electron chi connectivity index (χ4n) is 1.60. The Labute approximate surface area is 97.8 Å². The molecule has 17 heavy (non-hydrogen) atoms. The second-order valence-electron chi connectivity index (χ2n) is 3.33. The SMILES string of the molecule is O=C(O)c1cnc2sc3ncccc3c(=O)n12. The highest BCUT2D eigenvalue weighted by atomic mass is 32.1. The number of hydrogen-bond donors (Lipinski definition) is 1. The molecular weight excluding hydrogens is 242 g/mol. The molecule has 0 aliphatic rings. The Morgan fingerprint density at radius 2 is 2.24 bits per heavy atom. The number of carboxylic acids is 1. The average molecular weight is 247 g/mol. The first kappa shape index (κ1) is 9.91. The van der Waals surface area contributed by atoms with Gasteiger partial charge < -0.3 is 5.11 Å². The van der Waals surface area contributed by atoms with Gasteiger partial charge in [0.05, 0.1) is 11.6 Å². The number of carboxylic acid groups (broad SMARTS) is 1. The van der Waals surface area contributed by atoms with Crippen LogP contribution in [0.5, 0.6) is 0 Å². The molecular formula is C10H5N3O3S. The van der Waals surface area contributed by atoms with Gasteiger partial charge in [-0.3, -0.25) is 4.79 Å². The lowest BCUT2D eigenvalue weighted by Crippen LogP contribution is -2.16. The molecule has 0 unspecified atom stereocenters. The van der Waals surface area contributed by atoms with Crippen LogP contribution in [0.2, 0.25) is 0 Å². The number of aromatic nitrogens is 3. The lowest BCUT2D eigenvalue weighted by Gasteiger charge is -1.98. The predicted octanol–water partition coefficient (Wildman–Crippen LogP) is 1.00. The van der Waals surface area contributed by atoms with Crippen molar-refractivity contribution in [1.82, 2.24) is 14.4 Å². The molecule has 0 radical (unpaired) electrons. The molecule has 7 heteroatoms. The van der Waals surface area contributed by atoms with Crippen LogP contribution in [0.15, 0.2) is 29.3 Å². The highest BCUT2D eigenvalue weighted by molar-refractivity contribution is 7.22. The Bertz CT molecular complexity index is 805.